The molecule has 0 radical (unpaired) electrons. The van der Waals surface area contributed by atoms with Crippen LogP contribution in [0.5, 0.6) is 0 Å². The second kappa shape index (κ2) is 8.47. The van der Waals surface area contributed by atoms with Gasteiger partial charge in [-0.3, -0.25) is 4.79 Å². The van der Waals surface area contributed by atoms with Crippen molar-refractivity contribution in [1.29, 1.82) is 0 Å². The maximum Gasteiger partial charge on any atom is 0.219 e. The van der Waals surface area contributed by atoms with E-state index in [1.807, 2.05) is 16.6 Å². The number of β-amino-alcohol motifs (C(OH)–C–C–N with tert-alkyl or cyclic N) is 1. The van der Waals surface area contributed by atoms with Gasteiger partial charge in [-0.25, -0.2) is 0 Å². The molecule has 4 heterocycles. The van der Waals surface area contributed by atoms with Crippen molar-refractivity contribution in [3.8, 4) is 0 Å². The van der Waals surface area contributed by atoms with Crippen molar-refractivity contribution in [2.24, 2.45) is 0 Å². The largest absolute Gasteiger partial charge is 0.387 e. The molecule has 0 aromatic carbocycles. The molecule has 0 saturated carbocycles. The molecular formula is C23H36N6O2. The van der Waals surface area contributed by atoms with E-state index in [2.05, 4.69) is 35.9 Å². The van der Waals surface area contributed by atoms with Gasteiger partial charge in [0.05, 0.1) is 17.8 Å². The zero-order valence-corrected chi connectivity index (χ0v) is 19.3. The Kier molecular flexibility index (Phi) is 6.05. The van der Waals surface area contributed by atoms with Crippen LogP contribution < -0.4 is 0 Å². The van der Waals surface area contributed by atoms with Gasteiger partial charge >= 0.3 is 0 Å². The highest BCUT2D eigenvalue weighted by Gasteiger charge is 2.36. The number of aliphatic hydroxyl groups is 1. The number of hydrogen-bond donors (Lipinski definition) is 1. The minimum atomic E-state index is -0.820. The number of rotatable bonds is 3. The van der Waals surface area contributed by atoms with Crippen molar-refractivity contribution >= 4 is 11.6 Å². The van der Waals surface area contributed by atoms with Crippen LogP contribution in [-0.4, -0.2) is 78.9 Å². The molecule has 2 aromatic heterocycles. The summed E-state index contributed by atoms with van der Waals surface area (Å²) in [5.74, 6) is 1.31. The number of nitrogens with zero attached hydrogens (tertiary/aromatic N) is 6. The monoisotopic (exact) mass is 428 g/mol. The SMILES string of the molecule is CC(=O)N1CCCCC(O)(CN2CCC(c3nnc4ccc(C(C)(C)C)nn34)CC2)C1. The number of carbonyl (C=O) groups excluding carboxylic acids is 1. The lowest BCUT2D eigenvalue weighted by atomic mass is 9.92. The van der Waals surface area contributed by atoms with Crippen molar-refractivity contribution in [2.45, 2.75) is 76.7 Å². The van der Waals surface area contributed by atoms with Gasteiger partial charge in [0.25, 0.3) is 0 Å². The number of carbonyl (C=O) groups is 1. The quantitative estimate of drug-likeness (QED) is 0.808. The standard InChI is InChI=1S/C23H36N6O2/c1-17(30)28-12-6-5-11-23(31,16-28)15-27-13-9-18(10-14-27)21-25-24-20-8-7-19(22(2,3)4)26-29(20)21/h7-8,18,31H,5-6,9-16H2,1-4H3. The molecule has 1 N–H and O–H groups in total. The minimum absolute atomic E-state index is 0.0268. The van der Waals surface area contributed by atoms with Gasteiger partial charge in [-0.1, -0.05) is 20.8 Å². The number of amides is 1. The molecule has 2 fully saturated rings. The fourth-order valence-electron chi connectivity index (χ4n) is 4.89. The summed E-state index contributed by atoms with van der Waals surface area (Å²) >= 11 is 0. The van der Waals surface area contributed by atoms with Gasteiger partial charge in [-0.05, 0) is 57.3 Å². The van der Waals surface area contributed by atoms with E-state index in [-0.39, 0.29) is 11.3 Å². The first kappa shape index (κ1) is 22.1. The van der Waals surface area contributed by atoms with E-state index >= 15 is 0 Å². The lowest BCUT2D eigenvalue weighted by Gasteiger charge is -2.39. The fraction of sp³-hybridized carbons (Fsp3) is 0.739. The second-order valence-electron chi connectivity index (χ2n) is 10.5. The molecule has 8 heteroatoms. The molecule has 4 rings (SSSR count). The molecule has 1 unspecified atom stereocenters. The number of piperidine rings is 1. The number of hydrogen-bond acceptors (Lipinski definition) is 6. The average molecular weight is 429 g/mol. The highest BCUT2D eigenvalue weighted by atomic mass is 16.3. The van der Waals surface area contributed by atoms with Crippen molar-refractivity contribution in [3.63, 3.8) is 0 Å². The van der Waals surface area contributed by atoms with E-state index in [9.17, 15) is 9.90 Å². The summed E-state index contributed by atoms with van der Waals surface area (Å²) in [7, 11) is 0. The summed E-state index contributed by atoms with van der Waals surface area (Å²) in [6, 6.07) is 4.04. The van der Waals surface area contributed by atoms with Crippen LogP contribution in [0.2, 0.25) is 0 Å². The first-order chi connectivity index (χ1) is 14.6. The smallest absolute Gasteiger partial charge is 0.219 e. The third-order valence-corrected chi connectivity index (χ3v) is 6.78. The van der Waals surface area contributed by atoms with E-state index in [0.717, 1.165) is 68.9 Å². The lowest BCUT2D eigenvalue weighted by Crippen LogP contribution is -2.52. The van der Waals surface area contributed by atoms with Crippen LogP contribution in [-0.2, 0) is 10.2 Å². The topological polar surface area (TPSA) is 86.9 Å². The number of aromatic nitrogens is 4. The van der Waals surface area contributed by atoms with Gasteiger partial charge < -0.3 is 14.9 Å². The lowest BCUT2D eigenvalue weighted by molar-refractivity contribution is -0.132. The molecular weight excluding hydrogens is 392 g/mol. The number of fused-ring (bicyclic) bond motifs is 1. The van der Waals surface area contributed by atoms with Crippen molar-refractivity contribution in [1.82, 2.24) is 29.6 Å². The predicted molar refractivity (Wildman–Crippen MR) is 119 cm³/mol. The molecule has 2 aliphatic rings. The van der Waals surface area contributed by atoms with Crippen molar-refractivity contribution < 1.29 is 9.90 Å². The van der Waals surface area contributed by atoms with Crippen LogP contribution >= 0.6 is 0 Å². The zero-order valence-electron chi connectivity index (χ0n) is 19.3. The average Bonchev–Trinajstić information content (AvgIpc) is 3.03. The Bertz CT molecular complexity index is 928. The molecule has 8 nitrogen and oxygen atoms in total. The predicted octanol–water partition coefficient (Wildman–Crippen LogP) is 2.36. The van der Waals surface area contributed by atoms with E-state index in [0.29, 0.717) is 19.0 Å². The normalized spacial score (nSPS) is 24.5. The molecule has 0 aliphatic carbocycles. The number of likely N-dealkylation sites (tertiary alicyclic amines) is 2. The van der Waals surface area contributed by atoms with Gasteiger partial charge in [0.2, 0.25) is 5.91 Å². The first-order valence-electron chi connectivity index (χ1n) is 11.6. The third kappa shape index (κ3) is 4.90. The maximum atomic E-state index is 11.9. The van der Waals surface area contributed by atoms with Crippen LogP contribution in [0.1, 0.15) is 77.2 Å². The van der Waals surface area contributed by atoms with Gasteiger partial charge in [0.1, 0.15) is 0 Å². The van der Waals surface area contributed by atoms with Crippen molar-refractivity contribution in [2.75, 3.05) is 32.7 Å². The van der Waals surface area contributed by atoms with Gasteiger partial charge in [-0.2, -0.15) is 9.61 Å². The molecule has 1 atom stereocenters. The molecule has 2 aliphatic heterocycles. The molecule has 1 amide bonds. The highest BCUT2D eigenvalue weighted by molar-refractivity contribution is 5.73. The van der Waals surface area contributed by atoms with Gasteiger partial charge in [0, 0.05) is 31.3 Å². The first-order valence-corrected chi connectivity index (χ1v) is 11.6. The van der Waals surface area contributed by atoms with Crippen LogP contribution in [0, 0.1) is 0 Å². The summed E-state index contributed by atoms with van der Waals surface area (Å²) < 4.78 is 1.92. The third-order valence-electron chi connectivity index (χ3n) is 6.78. The Balaban J connectivity index is 1.42. The Morgan fingerprint density at radius 1 is 1.16 bits per heavy atom. The van der Waals surface area contributed by atoms with E-state index < -0.39 is 5.60 Å². The summed E-state index contributed by atoms with van der Waals surface area (Å²) in [6.07, 6.45) is 4.62. The zero-order chi connectivity index (χ0) is 22.2. The van der Waals surface area contributed by atoms with Crippen LogP contribution in [0.3, 0.4) is 0 Å². The maximum absolute atomic E-state index is 11.9. The molecule has 0 bridgehead atoms. The van der Waals surface area contributed by atoms with Crippen LogP contribution in [0.4, 0.5) is 0 Å². The Morgan fingerprint density at radius 3 is 2.58 bits per heavy atom. The molecule has 170 valence electrons. The summed E-state index contributed by atoms with van der Waals surface area (Å²) in [4.78, 5) is 16.0. The van der Waals surface area contributed by atoms with E-state index in [1.165, 1.54) is 0 Å². The Morgan fingerprint density at radius 2 is 1.90 bits per heavy atom. The summed E-state index contributed by atoms with van der Waals surface area (Å²) in [6.45, 7) is 11.7. The van der Waals surface area contributed by atoms with E-state index in [1.54, 1.807) is 11.8 Å². The molecule has 2 saturated heterocycles. The van der Waals surface area contributed by atoms with Crippen LogP contribution in [0.15, 0.2) is 12.1 Å². The van der Waals surface area contributed by atoms with Crippen LogP contribution in [0.25, 0.3) is 5.65 Å². The Labute approximate surface area is 184 Å². The minimum Gasteiger partial charge on any atom is -0.387 e. The molecule has 2 aromatic rings. The summed E-state index contributed by atoms with van der Waals surface area (Å²) in [5, 5.41) is 24.9. The summed E-state index contributed by atoms with van der Waals surface area (Å²) in [5.41, 5.74) is 0.979. The highest BCUT2D eigenvalue weighted by Crippen LogP contribution is 2.30. The van der Waals surface area contributed by atoms with Gasteiger partial charge in [-0.15, -0.1) is 10.2 Å². The van der Waals surface area contributed by atoms with Gasteiger partial charge in [0.15, 0.2) is 11.5 Å². The second-order valence-corrected chi connectivity index (χ2v) is 10.5. The van der Waals surface area contributed by atoms with Crippen molar-refractivity contribution in [3.05, 3.63) is 23.7 Å². The Hall–Kier alpha value is -2.06. The molecule has 0 spiro atoms. The molecule has 31 heavy (non-hydrogen) atoms. The fourth-order valence-corrected chi connectivity index (χ4v) is 4.89. The van der Waals surface area contributed by atoms with E-state index in [4.69, 9.17) is 5.10 Å².